The number of hydrazone groups is 1. The number of ether oxygens (including phenoxy) is 1. The summed E-state index contributed by atoms with van der Waals surface area (Å²) in [5.74, 6) is 0. The molecule has 0 aliphatic carbocycles. The maximum absolute atomic E-state index is 12.3. The monoisotopic (exact) mass is 396 g/mol. The van der Waals surface area contributed by atoms with E-state index < -0.39 is 11.7 Å². The van der Waals surface area contributed by atoms with E-state index in [1.165, 1.54) is 4.57 Å². The van der Waals surface area contributed by atoms with Crippen molar-refractivity contribution in [3.63, 3.8) is 0 Å². The highest BCUT2D eigenvalue weighted by molar-refractivity contribution is 9.10. The minimum atomic E-state index is -0.569. The Kier molecular flexibility index (Phi) is 5.06. The van der Waals surface area contributed by atoms with Gasteiger partial charge in [0.2, 0.25) is 0 Å². The summed E-state index contributed by atoms with van der Waals surface area (Å²) in [6.07, 6.45) is 2.83. The predicted octanol–water partition coefficient (Wildman–Crippen LogP) is 3.35. The molecule has 0 fully saturated rings. The number of thiocarbonyl (C=S) groups is 1. The van der Waals surface area contributed by atoms with Crippen molar-refractivity contribution in [2.24, 2.45) is 10.8 Å². The smallest absolute Gasteiger partial charge is 0.419 e. The fraction of sp³-hybridized carbons (Fsp3) is 0.267. The zero-order valence-electron chi connectivity index (χ0n) is 13.0. The molecule has 23 heavy (non-hydrogen) atoms. The van der Waals surface area contributed by atoms with Crippen LogP contribution in [-0.2, 0) is 4.74 Å². The molecule has 0 radical (unpaired) electrons. The van der Waals surface area contributed by atoms with Crippen LogP contribution in [0.2, 0.25) is 0 Å². The summed E-state index contributed by atoms with van der Waals surface area (Å²) in [6.45, 7) is 5.47. The Morgan fingerprint density at radius 1 is 1.48 bits per heavy atom. The van der Waals surface area contributed by atoms with Crippen LogP contribution in [0.1, 0.15) is 26.3 Å². The first kappa shape index (κ1) is 17.4. The molecule has 3 N–H and O–H groups in total. The summed E-state index contributed by atoms with van der Waals surface area (Å²) in [6, 6.07) is 5.54. The van der Waals surface area contributed by atoms with Crippen LogP contribution >= 0.6 is 28.1 Å². The zero-order valence-corrected chi connectivity index (χ0v) is 15.4. The lowest BCUT2D eigenvalue weighted by molar-refractivity contribution is 0.0544. The molecule has 0 saturated carbocycles. The van der Waals surface area contributed by atoms with E-state index in [2.05, 4.69) is 26.5 Å². The second kappa shape index (κ2) is 6.67. The normalized spacial score (nSPS) is 11.8. The quantitative estimate of drug-likeness (QED) is 0.462. The molecule has 1 heterocycles. The van der Waals surface area contributed by atoms with Crippen molar-refractivity contribution in [3.05, 3.63) is 34.4 Å². The Morgan fingerprint density at radius 3 is 2.78 bits per heavy atom. The van der Waals surface area contributed by atoms with E-state index >= 15 is 0 Å². The number of nitrogens with two attached hydrogens (primary N) is 1. The van der Waals surface area contributed by atoms with E-state index in [1.807, 2.05) is 39.0 Å². The lowest BCUT2D eigenvalue weighted by Gasteiger charge is -2.19. The Labute approximate surface area is 147 Å². The third-order valence-corrected chi connectivity index (χ3v) is 3.48. The first-order chi connectivity index (χ1) is 10.7. The van der Waals surface area contributed by atoms with Gasteiger partial charge in [0.1, 0.15) is 5.60 Å². The van der Waals surface area contributed by atoms with Crippen molar-refractivity contribution < 1.29 is 9.53 Å². The number of nitrogens with zero attached hydrogens (tertiary/aromatic N) is 2. The van der Waals surface area contributed by atoms with Gasteiger partial charge in [0.15, 0.2) is 5.11 Å². The van der Waals surface area contributed by atoms with Crippen molar-refractivity contribution >= 4 is 56.5 Å². The fourth-order valence-electron chi connectivity index (χ4n) is 2.00. The third kappa shape index (κ3) is 4.29. The molecule has 1 aromatic carbocycles. The molecule has 0 unspecified atom stereocenters. The van der Waals surface area contributed by atoms with Crippen molar-refractivity contribution in [1.29, 1.82) is 0 Å². The van der Waals surface area contributed by atoms with Crippen LogP contribution in [0.3, 0.4) is 0 Å². The zero-order chi connectivity index (χ0) is 17.2. The number of carbonyl (C=O) groups is 1. The fourth-order valence-corrected chi connectivity index (χ4v) is 2.69. The molecule has 122 valence electrons. The van der Waals surface area contributed by atoms with E-state index in [0.29, 0.717) is 5.52 Å². The van der Waals surface area contributed by atoms with Gasteiger partial charge < -0.3 is 10.5 Å². The van der Waals surface area contributed by atoms with Gasteiger partial charge in [0, 0.05) is 21.6 Å². The standard InChI is InChI=1S/C15H17BrN4O2S/c1-15(2,3)22-14(21)20-8-10(16)12-9(5-4-6-11(12)20)7-18-19-13(17)23/h4-8H,1-3H3,(H3,17,19,23). The topological polar surface area (TPSA) is 81.6 Å². The maximum Gasteiger partial charge on any atom is 0.419 e. The summed E-state index contributed by atoms with van der Waals surface area (Å²) >= 11 is 8.18. The molecule has 0 spiro atoms. The first-order valence-electron chi connectivity index (χ1n) is 6.80. The number of halogens is 1. The summed E-state index contributed by atoms with van der Waals surface area (Å²) in [5, 5.41) is 4.88. The van der Waals surface area contributed by atoms with E-state index in [0.717, 1.165) is 15.4 Å². The van der Waals surface area contributed by atoms with Crippen LogP contribution < -0.4 is 11.2 Å². The van der Waals surface area contributed by atoms with Gasteiger partial charge in [0.25, 0.3) is 0 Å². The average molecular weight is 397 g/mol. The molecule has 0 aliphatic rings. The summed E-state index contributed by atoms with van der Waals surface area (Å²) < 4.78 is 7.64. The summed E-state index contributed by atoms with van der Waals surface area (Å²) in [5.41, 5.74) is 8.79. The molecule has 8 heteroatoms. The second-order valence-electron chi connectivity index (χ2n) is 5.80. The van der Waals surface area contributed by atoms with Crippen LogP contribution in [0.5, 0.6) is 0 Å². The number of aromatic nitrogens is 1. The van der Waals surface area contributed by atoms with Gasteiger partial charge in [0.05, 0.1) is 11.7 Å². The predicted molar refractivity (Wildman–Crippen MR) is 98.8 cm³/mol. The highest BCUT2D eigenvalue weighted by atomic mass is 79.9. The van der Waals surface area contributed by atoms with Crippen LogP contribution in [0.15, 0.2) is 34.0 Å². The molecule has 2 rings (SSSR count). The number of rotatable bonds is 2. The van der Waals surface area contributed by atoms with Gasteiger partial charge in [-0.2, -0.15) is 5.10 Å². The van der Waals surface area contributed by atoms with Gasteiger partial charge in [-0.3, -0.25) is 9.99 Å². The van der Waals surface area contributed by atoms with Crippen LogP contribution in [0.4, 0.5) is 4.79 Å². The Hall–Kier alpha value is -1.93. The van der Waals surface area contributed by atoms with Crippen LogP contribution in [0.25, 0.3) is 10.9 Å². The van der Waals surface area contributed by atoms with Gasteiger partial charge in [-0.1, -0.05) is 12.1 Å². The SMILES string of the molecule is CC(C)(C)OC(=O)n1cc(Br)c2c(C=NNC(N)=S)cccc21. The molecule has 1 aromatic heterocycles. The summed E-state index contributed by atoms with van der Waals surface area (Å²) in [7, 11) is 0. The Bertz CT molecular complexity index is 793. The molecule has 0 amide bonds. The molecule has 0 saturated heterocycles. The molecule has 6 nitrogen and oxygen atoms in total. The van der Waals surface area contributed by atoms with E-state index in [4.69, 9.17) is 22.7 Å². The lowest BCUT2D eigenvalue weighted by atomic mass is 10.1. The molecular formula is C15H17BrN4O2S. The van der Waals surface area contributed by atoms with Crippen molar-refractivity contribution in [2.75, 3.05) is 0 Å². The minimum absolute atomic E-state index is 0.0822. The minimum Gasteiger partial charge on any atom is -0.443 e. The number of hydrogen-bond donors (Lipinski definition) is 2. The molecule has 0 bridgehead atoms. The number of nitrogens with one attached hydrogen (secondary N) is 1. The average Bonchev–Trinajstić information content (AvgIpc) is 2.75. The van der Waals surface area contributed by atoms with Crippen molar-refractivity contribution in [3.8, 4) is 0 Å². The van der Waals surface area contributed by atoms with Gasteiger partial charge >= 0.3 is 6.09 Å². The number of carbonyl (C=O) groups excluding carboxylic acids is 1. The van der Waals surface area contributed by atoms with Crippen LogP contribution in [-0.4, -0.2) is 27.6 Å². The van der Waals surface area contributed by atoms with Gasteiger partial charge in [-0.25, -0.2) is 4.79 Å². The number of fused-ring (bicyclic) bond motifs is 1. The van der Waals surface area contributed by atoms with E-state index in [1.54, 1.807) is 12.4 Å². The number of benzene rings is 1. The van der Waals surface area contributed by atoms with Crippen LogP contribution in [0, 0.1) is 0 Å². The second-order valence-corrected chi connectivity index (χ2v) is 7.10. The largest absolute Gasteiger partial charge is 0.443 e. The van der Waals surface area contributed by atoms with Gasteiger partial charge in [-0.05, 0) is 55.0 Å². The molecule has 2 aromatic rings. The first-order valence-corrected chi connectivity index (χ1v) is 8.00. The highest BCUT2D eigenvalue weighted by Gasteiger charge is 2.21. The Balaban J connectivity index is 2.46. The summed E-state index contributed by atoms with van der Waals surface area (Å²) in [4.78, 5) is 12.3. The van der Waals surface area contributed by atoms with E-state index in [-0.39, 0.29) is 5.11 Å². The number of hydrogen-bond acceptors (Lipinski definition) is 4. The lowest BCUT2D eigenvalue weighted by Crippen LogP contribution is -2.26. The van der Waals surface area contributed by atoms with Gasteiger partial charge in [-0.15, -0.1) is 0 Å². The van der Waals surface area contributed by atoms with E-state index in [9.17, 15) is 4.79 Å². The van der Waals surface area contributed by atoms with Crippen molar-refractivity contribution in [1.82, 2.24) is 9.99 Å². The van der Waals surface area contributed by atoms with Crippen molar-refractivity contribution in [2.45, 2.75) is 26.4 Å². The third-order valence-electron chi connectivity index (χ3n) is 2.78. The maximum atomic E-state index is 12.3. The molecule has 0 aliphatic heterocycles. The molecular weight excluding hydrogens is 380 g/mol. The molecule has 0 atom stereocenters. The highest BCUT2D eigenvalue weighted by Crippen LogP contribution is 2.29. The Morgan fingerprint density at radius 2 is 2.17 bits per heavy atom.